The van der Waals surface area contributed by atoms with Gasteiger partial charge >= 0.3 is 0 Å². The van der Waals surface area contributed by atoms with Gasteiger partial charge in [0.25, 0.3) is 0 Å². The molecule has 0 aromatic heterocycles. The van der Waals surface area contributed by atoms with Crippen LogP contribution in [0.4, 0.5) is 0 Å². The molecule has 0 unspecified atom stereocenters. The maximum absolute atomic E-state index is 4.65. The third kappa shape index (κ3) is 5.17. The van der Waals surface area contributed by atoms with Crippen molar-refractivity contribution >= 4 is 48.8 Å². The molecule has 0 aliphatic heterocycles. The highest BCUT2D eigenvalue weighted by Gasteiger charge is 1.74. The van der Waals surface area contributed by atoms with Gasteiger partial charge in [-0.2, -0.15) is 0 Å². The van der Waals surface area contributed by atoms with Gasteiger partial charge in [0.1, 0.15) is 2.20 Å². The standard InChI is InChI=1S/C2H3IS2/c1-5-2(3)4/h1H3. The van der Waals surface area contributed by atoms with Crippen molar-refractivity contribution in [1.82, 2.24) is 0 Å². The normalized spacial score (nSPS) is 7.60. The Morgan fingerprint density at radius 2 is 2.20 bits per heavy atom. The van der Waals surface area contributed by atoms with Crippen molar-refractivity contribution in [3.05, 3.63) is 0 Å². The number of rotatable bonds is 0. The Morgan fingerprint density at radius 1 is 2.00 bits per heavy atom. The molecule has 0 atom stereocenters. The number of thiocarbonyl (C=S) groups is 1. The van der Waals surface area contributed by atoms with Crippen LogP contribution in [0.3, 0.4) is 0 Å². The van der Waals surface area contributed by atoms with E-state index in [1.54, 1.807) is 11.8 Å². The molecule has 0 aromatic rings. The van der Waals surface area contributed by atoms with Crippen molar-refractivity contribution in [3.63, 3.8) is 0 Å². The average Bonchev–Trinajstić information content (AvgIpc) is 1.38. The highest BCUT2D eigenvalue weighted by molar-refractivity contribution is 14.1. The summed E-state index contributed by atoms with van der Waals surface area (Å²) in [5, 5.41) is 0. The Kier molecular flexibility index (Phi) is 4.15. The van der Waals surface area contributed by atoms with Crippen LogP contribution < -0.4 is 0 Å². The molecular formula is C2H3IS2. The van der Waals surface area contributed by atoms with Gasteiger partial charge in [0.05, 0.1) is 0 Å². The molecule has 5 heavy (non-hydrogen) atoms. The largest absolute Gasteiger partial charge is 0.112 e. The van der Waals surface area contributed by atoms with Crippen LogP contribution in [-0.4, -0.2) is 8.46 Å². The van der Waals surface area contributed by atoms with Crippen LogP contribution in [0, 0.1) is 0 Å². The van der Waals surface area contributed by atoms with Crippen molar-refractivity contribution in [2.75, 3.05) is 6.26 Å². The summed E-state index contributed by atoms with van der Waals surface area (Å²) in [6.45, 7) is 0. The molecule has 0 aliphatic carbocycles. The Hall–Kier alpha value is 1.17. The van der Waals surface area contributed by atoms with Gasteiger partial charge in [-0.15, -0.1) is 11.8 Å². The summed E-state index contributed by atoms with van der Waals surface area (Å²) in [5.74, 6) is 0. The van der Waals surface area contributed by atoms with E-state index in [-0.39, 0.29) is 0 Å². The summed E-state index contributed by atoms with van der Waals surface area (Å²) in [6, 6.07) is 0. The summed E-state index contributed by atoms with van der Waals surface area (Å²) in [6.07, 6.45) is 1.97. The molecule has 0 spiro atoms. The lowest BCUT2D eigenvalue weighted by Crippen LogP contribution is -1.58. The summed E-state index contributed by atoms with van der Waals surface area (Å²) >= 11 is 8.35. The molecule has 3 heteroatoms. The first-order valence-corrected chi connectivity index (χ1v) is 3.72. The molecule has 0 saturated carbocycles. The summed E-state index contributed by atoms with van der Waals surface area (Å²) in [7, 11) is 0. The van der Waals surface area contributed by atoms with Crippen molar-refractivity contribution in [2.24, 2.45) is 0 Å². The predicted molar refractivity (Wildman–Crippen MR) is 40.1 cm³/mol. The van der Waals surface area contributed by atoms with Crippen LogP contribution in [0.5, 0.6) is 0 Å². The minimum absolute atomic E-state index is 0.975. The van der Waals surface area contributed by atoms with Crippen molar-refractivity contribution in [3.8, 4) is 0 Å². The van der Waals surface area contributed by atoms with Gasteiger partial charge in [-0.1, -0.05) is 12.2 Å². The van der Waals surface area contributed by atoms with E-state index in [0.29, 0.717) is 0 Å². The first-order valence-electron chi connectivity index (χ1n) is 1.01. The minimum atomic E-state index is 0.975. The maximum Gasteiger partial charge on any atom is 0.108 e. The van der Waals surface area contributed by atoms with Gasteiger partial charge in [0.2, 0.25) is 0 Å². The molecule has 0 N–H and O–H groups in total. The lowest BCUT2D eigenvalue weighted by Gasteiger charge is -1.73. The molecule has 0 rings (SSSR count). The Morgan fingerprint density at radius 3 is 2.20 bits per heavy atom. The first kappa shape index (κ1) is 6.17. The fraction of sp³-hybridized carbons (Fsp3) is 0.500. The van der Waals surface area contributed by atoms with E-state index in [1.165, 1.54) is 0 Å². The molecule has 0 aliphatic rings. The molecule has 0 fully saturated rings. The number of hydrogen-bond donors (Lipinski definition) is 0. The highest BCUT2D eigenvalue weighted by Crippen LogP contribution is 2.03. The summed E-state index contributed by atoms with van der Waals surface area (Å²) < 4.78 is 0.975. The molecule has 0 bridgehead atoms. The van der Waals surface area contributed by atoms with Gasteiger partial charge in [-0.05, 0) is 28.8 Å². The molecule has 0 heterocycles. The topological polar surface area (TPSA) is 0 Å². The quantitative estimate of drug-likeness (QED) is 0.347. The van der Waals surface area contributed by atoms with E-state index in [1.807, 2.05) is 6.26 Å². The monoisotopic (exact) mass is 218 g/mol. The van der Waals surface area contributed by atoms with Crippen molar-refractivity contribution < 1.29 is 0 Å². The second-order valence-corrected chi connectivity index (χ2v) is 4.47. The molecule has 0 saturated heterocycles. The Labute approximate surface area is 54.8 Å². The number of halogens is 1. The zero-order chi connectivity index (χ0) is 4.28. The van der Waals surface area contributed by atoms with E-state index in [9.17, 15) is 0 Å². The SMILES string of the molecule is CSC(=S)I. The lowest BCUT2D eigenvalue weighted by molar-refractivity contribution is 2.54. The molecule has 0 aromatic carbocycles. The third-order valence-corrected chi connectivity index (χ3v) is 2.30. The van der Waals surface area contributed by atoms with E-state index in [4.69, 9.17) is 0 Å². The second-order valence-electron chi connectivity index (χ2n) is 0.442. The van der Waals surface area contributed by atoms with Crippen LogP contribution in [0.25, 0.3) is 0 Å². The van der Waals surface area contributed by atoms with Crippen LogP contribution in [0.2, 0.25) is 0 Å². The van der Waals surface area contributed by atoms with Gasteiger partial charge in [0, 0.05) is 0 Å². The predicted octanol–water partition coefficient (Wildman–Crippen LogP) is 2.07. The van der Waals surface area contributed by atoms with Crippen LogP contribution >= 0.6 is 46.6 Å². The van der Waals surface area contributed by atoms with Crippen molar-refractivity contribution in [1.29, 1.82) is 0 Å². The second kappa shape index (κ2) is 3.36. The van der Waals surface area contributed by atoms with Gasteiger partial charge in [0.15, 0.2) is 0 Å². The zero-order valence-corrected chi connectivity index (χ0v) is 6.48. The van der Waals surface area contributed by atoms with E-state index < -0.39 is 0 Å². The Bertz CT molecular complexity index is 42.9. The van der Waals surface area contributed by atoms with E-state index in [2.05, 4.69) is 34.8 Å². The molecule has 0 nitrogen and oxygen atoms in total. The van der Waals surface area contributed by atoms with Crippen LogP contribution in [-0.2, 0) is 0 Å². The summed E-state index contributed by atoms with van der Waals surface area (Å²) in [4.78, 5) is 0. The molecule has 0 amide bonds. The number of hydrogen-bond acceptors (Lipinski definition) is 2. The van der Waals surface area contributed by atoms with Gasteiger partial charge in [-0.3, -0.25) is 0 Å². The van der Waals surface area contributed by atoms with E-state index >= 15 is 0 Å². The molecule has 0 radical (unpaired) electrons. The third-order valence-electron chi connectivity index (χ3n) is 0.160. The van der Waals surface area contributed by atoms with Crippen LogP contribution in [0.15, 0.2) is 0 Å². The van der Waals surface area contributed by atoms with Gasteiger partial charge < -0.3 is 0 Å². The van der Waals surface area contributed by atoms with Crippen LogP contribution in [0.1, 0.15) is 0 Å². The highest BCUT2D eigenvalue weighted by atomic mass is 127. The van der Waals surface area contributed by atoms with E-state index in [0.717, 1.165) is 2.20 Å². The maximum atomic E-state index is 4.65. The minimum Gasteiger partial charge on any atom is -0.112 e. The summed E-state index contributed by atoms with van der Waals surface area (Å²) in [5.41, 5.74) is 0. The molecule has 30 valence electrons. The van der Waals surface area contributed by atoms with Gasteiger partial charge in [-0.25, -0.2) is 0 Å². The average molecular weight is 218 g/mol. The molecular weight excluding hydrogens is 215 g/mol. The smallest absolute Gasteiger partial charge is 0.108 e. The zero-order valence-electron chi connectivity index (χ0n) is 2.69. The number of thioether (sulfide) groups is 1. The fourth-order valence-electron chi connectivity index (χ4n) is 0. The van der Waals surface area contributed by atoms with Crippen molar-refractivity contribution in [2.45, 2.75) is 0 Å². The Balaban J connectivity index is 2.85. The lowest BCUT2D eigenvalue weighted by atomic mass is 11.9. The fourth-order valence-corrected chi connectivity index (χ4v) is 0. The first-order chi connectivity index (χ1) is 2.27.